The number of H-pyrrole nitrogens is 1. The number of non-ortho nitro benzene ring substituents is 1. The molecule has 0 radical (unpaired) electrons. The molecule has 2 aliphatic rings. The molecule has 0 unspecified atom stereocenters. The maximum atomic E-state index is 13.4. The number of aromatic nitrogens is 2. The standard InChI is InChI=1S/C34H35N7O4/c1-22(42)35-17-5-6-23-7-9-25(10-8-23)32(31-28-20-27(41(44)45)15-16-29(28)38-33(31)43)37-26-13-11-24(12-14-26)30-21-36-34(39-30)40-18-3-2-4-19-40/h7-16,20-21,37H,2-6,17-19H2,1H3,(H,35,42)(H,36,39)(H,38,43)/b32-31-. The Labute approximate surface area is 260 Å². The Balaban J connectivity index is 1.30. The van der Waals surface area contributed by atoms with Gasteiger partial charge in [-0.2, -0.15) is 0 Å². The second-order valence-electron chi connectivity index (χ2n) is 11.3. The van der Waals surface area contributed by atoms with Crippen LogP contribution >= 0.6 is 0 Å². The molecule has 0 bridgehead atoms. The van der Waals surface area contributed by atoms with Gasteiger partial charge in [0, 0.05) is 67.4 Å². The Bertz CT molecular complexity index is 1750. The summed E-state index contributed by atoms with van der Waals surface area (Å²) in [5.74, 6) is 0.492. The number of hydrogen-bond acceptors (Lipinski definition) is 7. The van der Waals surface area contributed by atoms with Crippen LogP contribution in [0, 0.1) is 10.1 Å². The third-order valence-corrected chi connectivity index (χ3v) is 8.14. The van der Waals surface area contributed by atoms with Gasteiger partial charge < -0.3 is 25.8 Å². The quantitative estimate of drug-likeness (QED) is 0.0753. The zero-order chi connectivity index (χ0) is 31.3. The van der Waals surface area contributed by atoms with Gasteiger partial charge in [0.2, 0.25) is 11.9 Å². The van der Waals surface area contributed by atoms with Crippen molar-refractivity contribution in [2.75, 3.05) is 35.2 Å². The van der Waals surface area contributed by atoms with E-state index in [1.165, 1.54) is 38.3 Å². The van der Waals surface area contributed by atoms with Gasteiger partial charge in [0.1, 0.15) is 0 Å². The first-order chi connectivity index (χ1) is 21.9. The van der Waals surface area contributed by atoms with E-state index in [-0.39, 0.29) is 17.5 Å². The summed E-state index contributed by atoms with van der Waals surface area (Å²) in [6.45, 7) is 4.10. The summed E-state index contributed by atoms with van der Waals surface area (Å²) >= 11 is 0. The Kier molecular flexibility index (Phi) is 8.58. The average molecular weight is 606 g/mol. The number of nitrogens with zero attached hydrogens (tertiary/aromatic N) is 3. The molecule has 1 fully saturated rings. The molecule has 0 aliphatic carbocycles. The fraction of sp³-hybridized carbons (Fsp3) is 0.265. The number of hydrogen-bond donors (Lipinski definition) is 4. The lowest BCUT2D eigenvalue weighted by atomic mass is 9.98. The number of fused-ring (bicyclic) bond motifs is 1. The summed E-state index contributed by atoms with van der Waals surface area (Å²) in [7, 11) is 0. The van der Waals surface area contributed by atoms with Crippen LogP contribution in [0.3, 0.4) is 0 Å². The molecule has 4 N–H and O–H groups in total. The minimum Gasteiger partial charge on any atom is -0.356 e. The first-order valence-corrected chi connectivity index (χ1v) is 15.2. The molecule has 0 saturated carbocycles. The fourth-order valence-electron chi connectivity index (χ4n) is 5.79. The monoisotopic (exact) mass is 605 g/mol. The third-order valence-electron chi connectivity index (χ3n) is 8.14. The number of aromatic amines is 1. The van der Waals surface area contributed by atoms with Crippen molar-refractivity contribution in [1.82, 2.24) is 15.3 Å². The molecule has 0 spiro atoms. The van der Waals surface area contributed by atoms with Crippen LogP contribution in [0.15, 0.2) is 72.9 Å². The topological polar surface area (TPSA) is 145 Å². The Morgan fingerprint density at radius 3 is 2.49 bits per heavy atom. The summed E-state index contributed by atoms with van der Waals surface area (Å²) in [4.78, 5) is 46.1. The van der Waals surface area contributed by atoms with E-state index in [1.54, 1.807) is 6.07 Å². The van der Waals surface area contributed by atoms with Gasteiger partial charge in [-0.15, -0.1) is 0 Å². The van der Waals surface area contributed by atoms with Crippen molar-refractivity contribution in [3.05, 3.63) is 99.7 Å². The van der Waals surface area contributed by atoms with Crippen molar-refractivity contribution >= 4 is 46.1 Å². The highest BCUT2D eigenvalue weighted by atomic mass is 16.6. The molecule has 11 nitrogen and oxygen atoms in total. The van der Waals surface area contributed by atoms with Crippen LogP contribution in [0.25, 0.3) is 22.5 Å². The van der Waals surface area contributed by atoms with E-state index >= 15 is 0 Å². The molecule has 0 atom stereocenters. The average Bonchev–Trinajstić information content (AvgIpc) is 3.67. The lowest BCUT2D eigenvalue weighted by molar-refractivity contribution is -0.384. The molecule has 11 heteroatoms. The summed E-state index contributed by atoms with van der Waals surface area (Å²) in [6.07, 6.45) is 7.10. The zero-order valence-electron chi connectivity index (χ0n) is 25.1. The van der Waals surface area contributed by atoms with Crippen molar-refractivity contribution in [3.63, 3.8) is 0 Å². The van der Waals surface area contributed by atoms with Crippen LogP contribution < -0.4 is 20.9 Å². The lowest BCUT2D eigenvalue weighted by Crippen LogP contribution is -2.30. The van der Waals surface area contributed by atoms with Gasteiger partial charge in [-0.1, -0.05) is 36.4 Å². The van der Waals surface area contributed by atoms with Crippen molar-refractivity contribution in [2.24, 2.45) is 0 Å². The molecule has 2 amide bonds. The molecule has 45 heavy (non-hydrogen) atoms. The van der Waals surface area contributed by atoms with Gasteiger partial charge >= 0.3 is 0 Å². The van der Waals surface area contributed by atoms with Gasteiger partial charge in [-0.05, 0) is 61.4 Å². The molecule has 4 aromatic rings. The van der Waals surface area contributed by atoms with Crippen molar-refractivity contribution in [2.45, 2.75) is 39.0 Å². The molecule has 3 heterocycles. The highest BCUT2D eigenvalue weighted by Crippen LogP contribution is 2.39. The number of amides is 2. The second-order valence-corrected chi connectivity index (χ2v) is 11.3. The number of nitrogens with one attached hydrogen (secondary N) is 4. The highest BCUT2D eigenvalue weighted by molar-refractivity contribution is 6.37. The summed E-state index contributed by atoms with van der Waals surface area (Å²) < 4.78 is 0. The number of imidazole rings is 1. The number of carbonyl (C=O) groups is 2. The van der Waals surface area contributed by atoms with Crippen LogP contribution in [0.5, 0.6) is 0 Å². The van der Waals surface area contributed by atoms with E-state index in [0.29, 0.717) is 29.1 Å². The van der Waals surface area contributed by atoms with E-state index in [0.717, 1.165) is 60.0 Å². The van der Waals surface area contributed by atoms with Crippen molar-refractivity contribution in [1.29, 1.82) is 0 Å². The van der Waals surface area contributed by atoms with Gasteiger partial charge in [0.05, 0.1) is 21.9 Å². The fourth-order valence-corrected chi connectivity index (χ4v) is 5.79. The van der Waals surface area contributed by atoms with Crippen LogP contribution in [-0.4, -0.2) is 46.3 Å². The number of rotatable bonds is 10. The number of piperidine rings is 1. The van der Waals surface area contributed by atoms with Gasteiger partial charge in [0.25, 0.3) is 11.6 Å². The predicted molar refractivity (Wildman–Crippen MR) is 176 cm³/mol. The number of anilines is 3. The Hall–Kier alpha value is -5.45. The van der Waals surface area contributed by atoms with E-state index in [9.17, 15) is 19.7 Å². The van der Waals surface area contributed by atoms with E-state index in [1.807, 2.05) is 54.7 Å². The van der Waals surface area contributed by atoms with Gasteiger partial charge in [0.15, 0.2) is 0 Å². The highest BCUT2D eigenvalue weighted by Gasteiger charge is 2.30. The van der Waals surface area contributed by atoms with E-state index in [4.69, 9.17) is 4.98 Å². The number of benzene rings is 3. The zero-order valence-corrected chi connectivity index (χ0v) is 25.1. The molecule has 3 aromatic carbocycles. The number of nitro benzene ring substituents is 1. The lowest BCUT2D eigenvalue weighted by Gasteiger charge is -2.25. The van der Waals surface area contributed by atoms with Crippen LogP contribution in [0.1, 0.15) is 49.3 Å². The smallest absolute Gasteiger partial charge is 0.270 e. The maximum absolute atomic E-state index is 13.4. The number of carbonyl (C=O) groups excluding carboxylic acids is 2. The Morgan fingerprint density at radius 1 is 1.02 bits per heavy atom. The van der Waals surface area contributed by atoms with Gasteiger partial charge in [-0.3, -0.25) is 19.7 Å². The van der Waals surface area contributed by atoms with Crippen LogP contribution in [0.2, 0.25) is 0 Å². The van der Waals surface area contributed by atoms with Crippen molar-refractivity contribution in [3.8, 4) is 11.3 Å². The minimum atomic E-state index is -0.464. The van der Waals surface area contributed by atoms with E-state index in [2.05, 4.69) is 25.8 Å². The maximum Gasteiger partial charge on any atom is 0.270 e. The number of nitro groups is 1. The second kappa shape index (κ2) is 13.0. The molecular formula is C34H35N7O4. The molecule has 6 rings (SSSR count). The van der Waals surface area contributed by atoms with Gasteiger partial charge in [-0.25, -0.2) is 4.98 Å². The first kappa shape index (κ1) is 29.6. The molecule has 230 valence electrons. The normalized spacial score (nSPS) is 15.3. The molecular weight excluding hydrogens is 570 g/mol. The summed E-state index contributed by atoms with van der Waals surface area (Å²) in [6, 6.07) is 20.1. The van der Waals surface area contributed by atoms with Crippen LogP contribution in [-0.2, 0) is 16.0 Å². The largest absolute Gasteiger partial charge is 0.356 e. The summed E-state index contributed by atoms with van der Waals surface area (Å²) in [5.41, 5.74) is 6.17. The predicted octanol–water partition coefficient (Wildman–Crippen LogP) is 5.98. The van der Waals surface area contributed by atoms with Crippen molar-refractivity contribution < 1.29 is 14.5 Å². The Morgan fingerprint density at radius 2 is 1.78 bits per heavy atom. The SMILES string of the molecule is CC(=O)NCCCc1ccc(/C(Nc2ccc(-c3c[nH]c(N4CCCCC4)n3)cc2)=C2/C(=O)Nc3ccc([N+](=O)[O-])cc32)cc1. The molecule has 1 saturated heterocycles. The van der Waals surface area contributed by atoms with Crippen LogP contribution in [0.4, 0.5) is 23.0 Å². The number of aryl methyl sites for hydroxylation is 1. The summed E-state index contributed by atoms with van der Waals surface area (Å²) in [5, 5.41) is 20.7. The third kappa shape index (κ3) is 6.72. The minimum absolute atomic E-state index is 0.0531. The first-order valence-electron chi connectivity index (χ1n) is 15.2. The molecule has 2 aliphatic heterocycles. The van der Waals surface area contributed by atoms with E-state index < -0.39 is 4.92 Å². The molecule has 1 aromatic heterocycles.